The van der Waals surface area contributed by atoms with E-state index in [1.165, 1.54) is 12.8 Å². The van der Waals surface area contributed by atoms with E-state index in [1.54, 1.807) is 18.2 Å². The van der Waals surface area contributed by atoms with E-state index in [9.17, 15) is 9.59 Å². The summed E-state index contributed by atoms with van der Waals surface area (Å²) in [6.07, 6.45) is 6.15. The fraction of sp³-hybridized carbons (Fsp3) is 0.526. The molecular weight excluding hydrogens is 302 g/mol. The van der Waals surface area contributed by atoms with Crippen molar-refractivity contribution >= 4 is 16.8 Å². The number of hydrogen-bond donors (Lipinski definition) is 1. The van der Waals surface area contributed by atoms with Crippen molar-refractivity contribution in [2.24, 2.45) is 0 Å². The minimum atomic E-state index is -0.111. The largest absolute Gasteiger partial charge is 0.350 e. The molecule has 1 aromatic carbocycles. The summed E-state index contributed by atoms with van der Waals surface area (Å²) in [6, 6.07) is 5.33. The van der Waals surface area contributed by atoms with Crippen LogP contribution >= 0.6 is 0 Å². The maximum atomic E-state index is 12.8. The predicted molar refractivity (Wildman–Crippen MR) is 95.4 cm³/mol. The molecule has 128 valence electrons. The fourth-order valence-electron chi connectivity index (χ4n) is 3.15. The van der Waals surface area contributed by atoms with Crippen LogP contribution in [0.25, 0.3) is 10.9 Å². The fourth-order valence-corrected chi connectivity index (χ4v) is 3.15. The summed E-state index contributed by atoms with van der Waals surface area (Å²) in [5.41, 5.74) is 1.21. The Morgan fingerprint density at radius 2 is 2.08 bits per heavy atom. The highest BCUT2D eigenvalue weighted by molar-refractivity contribution is 5.97. The minimum Gasteiger partial charge on any atom is -0.350 e. The first-order valence-corrected chi connectivity index (χ1v) is 8.94. The molecule has 1 atom stereocenters. The molecule has 0 spiro atoms. The maximum absolute atomic E-state index is 12.8. The van der Waals surface area contributed by atoms with E-state index in [4.69, 9.17) is 4.98 Å². The first kappa shape index (κ1) is 16.7. The number of nitrogens with zero attached hydrogens (tertiary/aromatic N) is 2. The third-order valence-electron chi connectivity index (χ3n) is 4.82. The van der Waals surface area contributed by atoms with Gasteiger partial charge in [0.1, 0.15) is 5.82 Å². The Bertz CT molecular complexity index is 810. The molecule has 0 aliphatic carbocycles. The van der Waals surface area contributed by atoms with Gasteiger partial charge in [0.05, 0.1) is 10.9 Å². The Kier molecular flexibility index (Phi) is 4.97. The Balaban J connectivity index is 2.02. The molecule has 2 aromatic rings. The van der Waals surface area contributed by atoms with Gasteiger partial charge in [0, 0.05) is 24.6 Å². The average Bonchev–Trinajstić information content (AvgIpc) is 2.56. The van der Waals surface area contributed by atoms with Crippen LogP contribution in [0, 0.1) is 0 Å². The van der Waals surface area contributed by atoms with Crippen LogP contribution in [0.4, 0.5) is 0 Å². The van der Waals surface area contributed by atoms with Crippen LogP contribution in [0.15, 0.2) is 23.0 Å². The van der Waals surface area contributed by atoms with Crippen molar-refractivity contribution in [2.75, 3.05) is 0 Å². The van der Waals surface area contributed by atoms with Crippen LogP contribution in [0.5, 0.6) is 0 Å². The van der Waals surface area contributed by atoms with Crippen molar-refractivity contribution in [2.45, 2.75) is 65.0 Å². The maximum Gasteiger partial charge on any atom is 0.261 e. The van der Waals surface area contributed by atoms with E-state index in [2.05, 4.69) is 5.32 Å². The van der Waals surface area contributed by atoms with E-state index < -0.39 is 0 Å². The minimum absolute atomic E-state index is 0.0192. The molecule has 2 heterocycles. The molecule has 5 heteroatoms. The quantitative estimate of drug-likeness (QED) is 0.942. The number of fused-ring (bicyclic) bond motifs is 2. The van der Waals surface area contributed by atoms with Gasteiger partial charge in [0.15, 0.2) is 0 Å². The smallest absolute Gasteiger partial charge is 0.261 e. The lowest BCUT2D eigenvalue weighted by atomic mass is 10.1. The summed E-state index contributed by atoms with van der Waals surface area (Å²) in [4.78, 5) is 29.8. The molecule has 1 amide bonds. The molecule has 0 saturated heterocycles. The number of rotatable bonds is 3. The molecule has 0 saturated carbocycles. The summed E-state index contributed by atoms with van der Waals surface area (Å²) in [5, 5.41) is 3.55. The molecule has 1 aliphatic heterocycles. The van der Waals surface area contributed by atoms with Gasteiger partial charge in [-0.05, 0) is 44.4 Å². The lowest BCUT2D eigenvalue weighted by molar-refractivity contribution is 0.0939. The molecule has 24 heavy (non-hydrogen) atoms. The molecule has 0 radical (unpaired) electrons. The number of amides is 1. The predicted octanol–water partition coefficient (Wildman–Crippen LogP) is 3.04. The van der Waals surface area contributed by atoms with Gasteiger partial charge in [-0.15, -0.1) is 0 Å². The molecule has 0 fully saturated rings. The van der Waals surface area contributed by atoms with E-state index in [0.717, 1.165) is 38.1 Å². The molecule has 1 aromatic heterocycles. The summed E-state index contributed by atoms with van der Waals surface area (Å²) < 4.78 is 1.82. The normalized spacial score (nSPS) is 16.1. The van der Waals surface area contributed by atoms with Crippen LogP contribution in [0.1, 0.15) is 62.1 Å². The number of nitrogens with one attached hydrogen (secondary N) is 1. The van der Waals surface area contributed by atoms with Crippen LogP contribution in [-0.2, 0) is 13.0 Å². The zero-order chi connectivity index (χ0) is 17.1. The van der Waals surface area contributed by atoms with Gasteiger partial charge < -0.3 is 5.32 Å². The number of benzene rings is 1. The summed E-state index contributed by atoms with van der Waals surface area (Å²) in [7, 11) is 0. The Hall–Kier alpha value is -2.17. The molecule has 1 N–H and O–H groups in total. The van der Waals surface area contributed by atoms with Crippen LogP contribution in [-0.4, -0.2) is 21.5 Å². The van der Waals surface area contributed by atoms with Gasteiger partial charge in [0.2, 0.25) is 0 Å². The van der Waals surface area contributed by atoms with E-state index in [0.29, 0.717) is 16.5 Å². The highest BCUT2D eigenvalue weighted by Crippen LogP contribution is 2.16. The monoisotopic (exact) mass is 327 g/mol. The second-order valence-corrected chi connectivity index (χ2v) is 6.66. The molecular formula is C19H25N3O2. The SMILES string of the molecule is CC[C@H](C)NC(=O)c1ccc2c(=O)n3c(nc2c1)CCCCCC3. The van der Waals surface area contributed by atoms with Gasteiger partial charge >= 0.3 is 0 Å². The summed E-state index contributed by atoms with van der Waals surface area (Å²) in [6.45, 7) is 4.76. The highest BCUT2D eigenvalue weighted by atomic mass is 16.1. The van der Waals surface area contributed by atoms with Crippen molar-refractivity contribution in [1.82, 2.24) is 14.9 Å². The Labute approximate surface area is 142 Å². The van der Waals surface area contributed by atoms with Gasteiger partial charge in [-0.1, -0.05) is 19.8 Å². The third-order valence-corrected chi connectivity index (χ3v) is 4.82. The second kappa shape index (κ2) is 7.16. The molecule has 1 aliphatic rings. The topological polar surface area (TPSA) is 64.0 Å². The number of carbonyl (C=O) groups is 1. The van der Waals surface area contributed by atoms with Crippen LogP contribution < -0.4 is 10.9 Å². The molecule has 0 bridgehead atoms. The van der Waals surface area contributed by atoms with Crippen LogP contribution in [0.2, 0.25) is 0 Å². The van der Waals surface area contributed by atoms with E-state index in [1.807, 2.05) is 18.4 Å². The first-order valence-electron chi connectivity index (χ1n) is 8.94. The van der Waals surface area contributed by atoms with E-state index >= 15 is 0 Å². The highest BCUT2D eigenvalue weighted by Gasteiger charge is 2.15. The zero-order valence-electron chi connectivity index (χ0n) is 14.5. The number of aromatic nitrogens is 2. The lowest BCUT2D eigenvalue weighted by Crippen LogP contribution is -2.32. The lowest BCUT2D eigenvalue weighted by Gasteiger charge is -2.16. The van der Waals surface area contributed by atoms with Crippen molar-refractivity contribution in [3.63, 3.8) is 0 Å². The third kappa shape index (κ3) is 3.35. The standard InChI is InChI=1S/C19H25N3O2/c1-3-13(2)20-18(23)14-9-10-15-16(12-14)21-17-8-6-4-5-7-11-22(17)19(15)24/h9-10,12-13H,3-8,11H2,1-2H3,(H,20,23)/t13-/m0/s1. The number of aryl methyl sites for hydroxylation is 1. The molecule has 3 rings (SSSR count). The molecule has 5 nitrogen and oxygen atoms in total. The van der Waals surface area contributed by atoms with Crippen molar-refractivity contribution < 1.29 is 4.79 Å². The summed E-state index contributed by atoms with van der Waals surface area (Å²) in [5.74, 6) is 0.742. The van der Waals surface area contributed by atoms with Gasteiger partial charge in [0.25, 0.3) is 11.5 Å². The second-order valence-electron chi connectivity index (χ2n) is 6.66. The number of hydrogen-bond acceptors (Lipinski definition) is 3. The van der Waals surface area contributed by atoms with Crippen LogP contribution in [0.3, 0.4) is 0 Å². The average molecular weight is 327 g/mol. The van der Waals surface area contributed by atoms with Crippen molar-refractivity contribution in [3.8, 4) is 0 Å². The first-order chi connectivity index (χ1) is 11.6. The zero-order valence-corrected chi connectivity index (χ0v) is 14.5. The van der Waals surface area contributed by atoms with Gasteiger partial charge in [-0.2, -0.15) is 0 Å². The Morgan fingerprint density at radius 1 is 1.29 bits per heavy atom. The van der Waals surface area contributed by atoms with Crippen molar-refractivity contribution in [1.29, 1.82) is 0 Å². The summed E-state index contributed by atoms with van der Waals surface area (Å²) >= 11 is 0. The Morgan fingerprint density at radius 3 is 2.88 bits per heavy atom. The number of carbonyl (C=O) groups excluding carboxylic acids is 1. The van der Waals surface area contributed by atoms with Gasteiger partial charge in [-0.3, -0.25) is 14.2 Å². The van der Waals surface area contributed by atoms with E-state index in [-0.39, 0.29) is 17.5 Å². The molecule has 0 unspecified atom stereocenters. The van der Waals surface area contributed by atoms with Gasteiger partial charge in [-0.25, -0.2) is 4.98 Å². The van der Waals surface area contributed by atoms with Crippen molar-refractivity contribution in [3.05, 3.63) is 39.9 Å².